The minimum atomic E-state index is -0.363. The summed E-state index contributed by atoms with van der Waals surface area (Å²) >= 11 is 0. The molecule has 80 valence electrons. The first-order chi connectivity index (χ1) is 7.67. The minimum Gasteiger partial charge on any atom is -0.504 e. The van der Waals surface area contributed by atoms with Crippen LogP contribution in [-0.2, 0) is 0 Å². The maximum absolute atomic E-state index is 10.1. The molecule has 0 atom stereocenters. The Kier molecular flexibility index (Phi) is 6.27. The Balaban J connectivity index is 0.000000325. The van der Waals surface area contributed by atoms with Gasteiger partial charge in [0.1, 0.15) is 0 Å². The lowest BCUT2D eigenvalue weighted by Crippen LogP contribution is -1.79. The second-order valence-electron chi connectivity index (χ2n) is 2.42. The van der Waals surface area contributed by atoms with Crippen LogP contribution in [0.3, 0.4) is 0 Å². The van der Waals surface area contributed by atoms with Gasteiger partial charge in [0, 0.05) is 12.2 Å². The molecule has 16 heavy (non-hydrogen) atoms. The Hall–Kier alpha value is -2.79. The highest BCUT2D eigenvalue weighted by Gasteiger charge is 2.02. The van der Waals surface area contributed by atoms with Crippen LogP contribution in [0.2, 0.25) is 0 Å². The largest absolute Gasteiger partial charge is 0.504 e. The number of phenols is 2. The molecule has 1 aromatic rings. The summed E-state index contributed by atoms with van der Waals surface area (Å²) in [5.74, 6) is -0.637. The van der Waals surface area contributed by atoms with Gasteiger partial charge in [-0.3, -0.25) is 4.79 Å². The van der Waals surface area contributed by atoms with Gasteiger partial charge in [-0.2, -0.15) is 10.5 Å². The Bertz CT molecular complexity index is 451. The molecule has 5 nitrogen and oxygen atoms in total. The molecule has 0 fully saturated rings. The van der Waals surface area contributed by atoms with Crippen LogP contribution in [0, 0.1) is 22.7 Å². The Morgan fingerprint density at radius 2 is 1.69 bits per heavy atom. The number of phenolic OH excluding ortho intramolecular Hbond substituents is 2. The summed E-state index contributed by atoms with van der Waals surface area (Å²) in [5.41, 5.74) is 0.0972. The number of allylic oxidation sites excluding steroid dienone is 2. The van der Waals surface area contributed by atoms with Crippen molar-refractivity contribution in [2.75, 3.05) is 0 Å². The number of nitriles is 2. The van der Waals surface area contributed by atoms with E-state index in [1.807, 2.05) is 0 Å². The van der Waals surface area contributed by atoms with Crippen molar-refractivity contribution in [2.24, 2.45) is 0 Å². The van der Waals surface area contributed by atoms with Crippen molar-refractivity contribution in [1.82, 2.24) is 0 Å². The summed E-state index contributed by atoms with van der Waals surface area (Å²) in [4.78, 5) is 10.1. The number of aromatic hydroxyl groups is 2. The number of carbonyl (C=O) groups excluding carboxylic acids is 1. The van der Waals surface area contributed by atoms with E-state index in [1.165, 1.54) is 18.2 Å². The van der Waals surface area contributed by atoms with E-state index in [9.17, 15) is 4.79 Å². The highest BCUT2D eigenvalue weighted by atomic mass is 16.3. The van der Waals surface area contributed by atoms with Crippen LogP contribution in [0.15, 0.2) is 30.4 Å². The monoisotopic (exact) mass is 216 g/mol. The summed E-state index contributed by atoms with van der Waals surface area (Å²) < 4.78 is 0. The fourth-order valence-corrected chi connectivity index (χ4v) is 0.718. The van der Waals surface area contributed by atoms with Crippen molar-refractivity contribution in [1.29, 1.82) is 10.5 Å². The lowest BCUT2D eigenvalue weighted by Gasteiger charge is -1.97. The molecule has 0 aromatic heterocycles. The van der Waals surface area contributed by atoms with Crippen molar-refractivity contribution in [3.63, 3.8) is 0 Å². The van der Waals surface area contributed by atoms with Crippen LogP contribution >= 0.6 is 0 Å². The molecule has 0 aliphatic carbocycles. The molecule has 0 aliphatic rings. The average Bonchev–Trinajstić information content (AvgIpc) is 2.31. The van der Waals surface area contributed by atoms with Gasteiger partial charge in [-0.15, -0.1) is 0 Å². The maximum Gasteiger partial charge on any atom is 0.168 e. The summed E-state index contributed by atoms with van der Waals surface area (Å²) in [5, 5.41) is 33.2. The minimum absolute atomic E-state index is 0.0972. The lowest BCUT2D eigenvalue weighted by atomic mass is 10.2. The smallest absolute Gasteiger partial charge is 0.168 e. The van der Waals surface area contributed by atoms with Crippen molar-refractivity contribution in [3.05, 3.63) is 35.9 Å². The molecule has 0 spiro atoms. The van der Waals surface area contributed by atoms with E-state index in [2.05, 4.69) is 0 Å². The molecule has 0 bridgehead atoms. The second kappa shape index (κ2) is 7.60. The standard InChI is InChI=1S/C7H6O3.C4H2N2/c8-4-5-2-1-3-6(9)7(5)10;5-3-1-2-4-6/h1-4,9-10H;1-2H/b;2-1-. The normalized spacial score (nSPS) is 8.38. The number of rotatable bonds is 1. The third-order valence-electron chi connectivity index (χ3n) is 1.41. The highest BCUT2D eigenvalue weighted by Crippen LogP contribution is 2.26. The van der Waals surface area contributed by atoms with Gasteiger partial charge in [-0.05, 0) is 12.1 Å². The molecule has 0 unspecified atom stereocenters. The van der Waals surface area contributed by atoms with E-state index in [-0.39, 0.29) is 17.1 Å². The zero-order chi connectivity index (χ0) is 12.4. The number of para-hydroxylation sites is 1. The van der Waals surface area contributed by atoms with E-state index in [4.69, 9.17) is 20.7 Å². The molecular formula is C11H8N2O3. The van der Waals surface area contributed by atoms with E-state index in [1.54, 1.807) is 12.1 Å². The fourth-order valence-electron chi connectivity index (χ4n) is 0.718. The molecule has 0 saturated heterocycles. The summed E-state index contributed by atoms with van der Waals surface area (Å²) in [7, 11) is 0. The zero-order valence-corrected chi connectivity index (χ0v) is 8.16. The average molecular weight is 216 g/mol. The van der Waals surface area contributed by atoms with Crippen LogP contribution in [0.4, 0.5) is 0 Å². The van der Waals surface area contributed by atoms with Gasteiger partial charge in [0.05, 0.1) is 17.7 Å². The van der Waals surface area contributed by atoms with Crippen LogP contribution in [-0.4, -0.2) is 16.5 Å². The van der Waals surface area contributed by atoms with Crippen LogP contribution < -0.4 is 0 Å². The number of benzene rings is 1. The molecule has 1 aromatic carbocycles. The first-order valence-electron chi connectivity index (χ1n) is 4.07. The van der Waals surface area contributed by atoms with E-state index >= 15 is 0 Å². The molecule has 5 heteroatoms. The van der Waals surface area contributed by atoms with Gasteiger partial charge >= 0.3 is 0 Å². The predicted octanol–water partition coefficient (Wildman–Crippen LogP) is 1.50. The van der Waals surface area contributed by atoms with Crippen LogP contribution in [0.5, 0.6) is 11.5 Å². The third kappa shape index (κ3) is 4.45. The Morgan fingerprint density at radius 3 is 2.06 bits per heavy atom. The summed E-state index contributed by atoms with van der Waals surface area (Å²) in [6.07, 6.45) is 2.73. The van der Waals surface area contributed by atoms with Crippen LogP contribution in [0.25, 0.3) is 0 Å². The zero-order valence-electron chi connectivity index (χ0n) is 8.16. The summed E-state index contributed by atoms with van der Waals surface area (Å²) in [6.45, 7) is 0. The summed E-state index contributed by atoms with van der Waals surface area (Å²) in [6, 6.07) is 7.54. The van der Waals surface area contributed by atoms with E-state index < -0.39 is 0 Å². The van der Waals surface area contributed by atoms with Crippen molar-refractivity contribution >= 4 is 6.29 Å². The molecule has 0 radical (unpaired) electrons. The van der Waals surface area contributed by atoms with Gasteiger partial charge in [0.25, 0.3) is 0 Å². The van der Waals surface area contributed by atoms with Crippen LogP contribution in [0.1, 0.15) is 10.4 Å². The number of hydrogen-bond acceptors (Lipinski definition) is 5. The number of nitrogens with zero attached hydrogens (tertiary/aromatic N) is 2. The predicted molar refractivity (Wildman–Crippen MR) is 55.5 cm³/mol. The molecule has 2 N–H and O–H groups in total. The molecule has 0 saturated carbocycles. The highest BCUT2D eigenvalue weighted by molar-refractivity contribution is 5.80. The Morgan fingerprint density at radius 1 is 1.12 bits per heavy atom. The lowest BCUT2D eigenvalue weighted by molar-refractivity contribution is 0.112. The molecule has 0 amide bonds. The topological polar surface area (TPSA) is 105 Å². The molecule has 1 rings (SSSR count). The maximum atomic E-state index is 10.1. The van der Waals surface area contributed by atoms with Crippen molar-refractivity contribution < 1.29 is 15.0 Å². The van der Waals surface area contributed by atoms with Gasteiger partial charge < -0.3 is 10.2 Å². The van der Waals surface area contributed by atoms with Gasteiger partial charge in [-0.25, -0.2) is 0 Å². The first kappa shape index (κ1) is 13.2. The quantitative estimate of drug-likeness (QED) is 0.420. The first-order valence-corrected chi connectivity index (χ1v) is 4.07. The molecule has 0 aliphatic heterocycles. The van der Waals surface area contributed by atoms with Gasteiger partial charge in [0.15, 0.2) is 17.8 Å². The fraction of sp³-hybridized carbons (Fsp3) is 0. The number of aldehydes is 1. The third-order valence-corrected chi connectivity index (χ3v) is 1.41. The SMILES string of the molecule is N#C/C=C\C#N.O=Cc1cccc(O)c1O. The van der Waals surface area contributed by atoms with Gasteiger partial charge in [0.2, 0.25) is 0 Å². The van der Waals surface area contributed by atoms with Crippen molar-refractivity contribution in [3.8, 4) is 23.6 Å². The second-order valence-corrected chi connectivity index (χ2v) is 2.42. The molecular weight excluding hydrogens is 208 g/mol. The van der Waals surface area contributed by atoms with E-state index in [0.29, 0.717) is 6.29 Å². The van der Waals surface area contributed by atoms with E-state index in [0.717, 1.165) is 12.2 Å². The molecule has 0 heterocycles. The van der Waals surface area contributed by atoms with Crippen molar-refractivity contribution in [2.45, 2.75) is 0 Å². The Labute approximate surface area is 92.1 Å². The number of hydrogen-bond donors (Lipinski definition) is 2. The number of carbonyl (C=O) groups is 1. The van der Waals surface area contributed by atoms with Gasteiger partial charge in [-0.1, -0.05) is 6.07 Å².